The Morgan fingerprint density at radius 3 is 1.94 bits per heavy atom. The molecule has 9 heteroatoms. The fourth-order valence-electron chi connectivity index (χ4n) is 3.31. The summed E-state index contributed by atoms with van der Waals surface area (Å²) in [7, 11) is 3.21. The zero-order chi connectivity index (χ0) is 23.3. The van der Waals surface area contributed by atoms with E-state index in [0.29, 0.717) is 5.69 Å². The van der Waals surface area contributed by atoms with Gasteiger partial charge in [0.25, 0.3) is 0 Å². The van der Waals surface area contributed by atoms with Gasteiger partial charge in [0.05, 0.1) is 31.6 Å². The van der Waals surface area contributed by atoms with E-state index in [0.717, 1.165) is 27.5 Å². The smallest absolute Gasteiger partial charge is 0.151 e. The molecule has 0 aliphatic heterocycles. The van der Waals surface area contributed by atoms with Crippen LogP contribution in [-0.4, -0.2) is 31.8 Å². The third-order valence-corrected chi connectivity index (χ3v) is 5.09. The lowest BCUT2D eigenvalue weighted by Crippen LogP contribution is -2.41. The van der Waals surface area contributed by atoms with Crippen LogP contribution in [0.1, 0.15) is 24.1 Å². The van der Waals surface area contributed by atoms with Crippen LogP contribution in [0.4, 0.5) is 27.8 Å². The van der Waals surface area contributed by atoms with Crippen molar-refractivity contribution >= 4 is 29.1 Å². The molecule has 32 heavy (non-hydrogen) atoms. The highest BCUT2D eigenvalue weighted by atomic mass is 16.5. The summed E-state index contributed by atoms with van der Waals surface area (Å²) in [6.45, 7) is 1.83. The van der Waals surface area contributed by atoms with Gasteiger partial charge in [-0.15, -0.1) is 0 Å². The molecule has 3 aromatic rings. The summed E-state index contributed by atoms with van der Waals surface area (Å²) in [5, 5.41) is 14.9. The van der Waals surface area contributed by atoms with Crippen LogP contribution in [0, 0.1) is 0 Å². The average molecular weight is 436 g/mol. The maximum atomic E-state index is 11.5. The van der Waals surface area contributed by atoms with E-state index in [1.165, 1.54) is 0 Å². The Balaban J connectivity index is 2.07. The van der Waals surface area contributed by atoms with Crippen molar-refractivity contribution in [1.82, 2.24) is 4.98 Å². The predicted octanol–water partition coefficient (Wildman–Crippen LogP) is 2.63. The number of nitrogens with one attached hydrogen (secondary N) is 1. The number of anilines is 4. The van der Waals surface area contributed by atoms with Crippen LogP contribution in [0.2, 0.25) is 0 Å². The summed E-state index contributed by atoms with van der Waals surface area (Å²) in [4.78, 5) is 16.6. The molecule has 0 fully saturated rings. The first-order chi connectivity index (χ1) is 15.4. The van der Waals surface area contributed by atoms with E-state index >= 15 is 0 Å². The van der Waals surface area contributed by atoms with Gasteiger partial charge < -0.3 is 41.1 Å². The monoisotopic (exact) mass is 436 g/mol. The molecular weight excluding hydrogens is 410 g/mol. The second kappa shape index (κ2) is 9.78. The second-order valence-electron chi connectivity index (χ2n) is 6.96. The van der Waals surface area contributed by atoms with Crippen LogP contribution in [0.3, 0.4) is 0 Å². The van der Waals surface area contributed by atoms with Crippen molar-refractivity contribution in [2.45, 2.75) is 13.0 Å². The Bertz CT molecular complexity index is 1020. The number of carboxylic acid groups (broad SMARTS) is 1. The molecule has 0 spiro atoms. The Kier molecular flexibility index (Phi) is 6.89. The van der Waals surface area contributed by atoms with Crippen molar-refractivity contribution in [3.8, 4) is 11.5 Å². The molecule has 168 valence electrons. The molecule has 0 atom stereocenters. The van der Waals surface area contributed by atoms with Crippen LogP contribution >= 0.6 is 0 Å². The molecule has 0 radical (unpaired) electrons. The summed E-state index contributed by atoms with van der Waals surface area (Å²) in [6.07, 6.45) is -1.38. The summed E-state index contributed by atoms with van der Waals surface area (Å²) >= 11 is 0. The lowest BCUT2D eigenvalue weighted by molar-refractivity contribution is -0.246. The van der Waals surface area contributed by atoms with Crippen LogP contribution in [0.15, 0.2) is 54.6 Å². The van der Waals surface area contributed by atoms with Gasteiger partial charge in [-0.25, -0.2) is 4.98 Å². The second-order valence-corrected chi connectivity index (χ2v) is 6.96. The van der Waals surface area contributed by atoms with Crippen molar-refractivity contribution in [2.75, 3.05) is 42.4 Å². The Labute approximate surface area is 186 Å². The number of aromatic nitrogens is 1. The molecule has 0 bridgehead atoms. The minimum atomic E-state index is -1.38. The number of nitrogens with zero attached hydrogens (tertiary/aromatic N) is 2. The summed E-state index contributed by atoms with van der Waals surface area (Å²) in [6, 6.07) is 16.4. The zero-order valence-electron chi connectivity index (χ0n) is 18.2. The molecule has 5 N–H and O–H groups in total. The molecule has 2 aromatic carbocycles. The van der Waals surface area contributed by atoms with Crippen molar-refractivity contribution in [3.05, 3.63) is 65.7 Å². The fraction of sp³-hybridized carbons (Fsp3) is 0.217. The largest absolute Gasteiger partial charge is 0.530 e. The Hall–Kier alpha value is -4.14. The number of benzene rings is 2. The van der Waals surface area contributed by atoms with E-state index in [1.807, 2.05) is 48.5 Å². The molecule has 0 saturated heterocycles. The third kappa shape index (κ3) is 4.77. The average Bonchev–Trinajstić information content (AvgIpc) is 2.80. The van der Waals surface area contributed by atoms with Gasteiger partial charge in [0.15, 0.2) is 5.82 Å². The maximum Gasteiger partial charge on any atom is 0.151 e. The van der Waals surface area contributed by atoms with Gasteiger partial charge in [-0.1, -0.05) is 24.3 Å². The van der Waals surface area contributed by atoms with Crippen molar-refractivity contribution in [2.24, 2.45) is 0 Å². The molecular formula is C23H26N5O4-. The molecule has 0 aliphatic rings. The minimum absolute atomic E-state index is 0.0212. The zero-order valence-corrected chi connectivity index (χ0v) is 18.2. The lowest BCUT2D eigenvalue weighted by atomic mass is 9.98. The highest BCUT2D eigenvalue weighted by molar-refractivity contribution is 5.87. The molecule has 1 heterocycles. The summed E-state index contributed by atoms with van der Waals surface area (Å²) in [5.41, 5.74) is 14.7. The topological polar surface area (TPSA) is 139 Å². The van der Waals surface area contributed by atoms with E-state index in [9.17, 15) is 9.90 Å². The number of ether oxygens (including phenoxy) is 2. The van der Waals surface area contributed by atoms with Gasteiger partial charge >= 0.3 is 0 Å². The van der Waals surface area contributed by atoms with Gasteiger partial charge in [-0.05, 0) is 42.3 Å². The molecule has 1 amide bonds. The van der Waals surface area contributed by atoms with Gasteiger partial charge in [0, 0.05) is 12.6 Å². The highest BCUT2D eigenvalue weighted by Crippen LogP contribution is 2.35. The first-order valence-corrected chi connectivity index (χ1v) is 9.96. The number of hydrogen-bond acceptors (Lipinski definition) is 8. The number of hydrogen-bond donors (Lipinski definition) is 3. The predicted molar refractivity (Wildman–Crippen MR) is 123 cm³/mol. The third-order valence-electron chi connectivity index (χ3n) is 5.09. The Morgan fingerprint density at radius 1 is 1.03 bits per heavy atom. The van der Waals surface area contributed by atoms with E-state index in [2.05, 4.69) is 10.3 Å². The van der Waals surface area contributed by atoms with Gasteiger partial charge in [0.1, 0.15) is 23.4 Å². The fourth-order valence-corrected chi connectivity index (χ4v) is 3.31. The molecule has 0 unspecified atom stereocenters. The molecule has 0 aliphatic carbocycles. The van der Waals surface area contributed by atoms with Crippen LogP contribution < -0.4 is 36.3 Å². The number of pyridine rings is 1. The minimum Gasteiger partial charge on any atom is -0.530 e. The summed E-state index contributed by atoms with van der Waals surface area (Å²) in [5.74, 6) is 1.60. The number of amides is 1. The standard InChI is InChI=1S/C23H27N5O4/c1-4-28(23(29)30)19-13-18(20(24)22(25)27-19)26-21(14-5-9-16(31-2)10-6-14)15-7-11-17(32-3)12-8-15/h5-13,21H,4,24H2,1-3H3,(H,29,30)(H3,25,26,27)/p-1. The number of methoxy groups -OCH3 is 2. The first-order valence-electron chi connectivity index (χ1n) is 9.96. The number of rotatable bonds is 8. The SMILES string of the molecule is CCN(C(=O)[O-])c1cc(NC(c2ccc(OC)cc2)c2ccc(OC)cc2)c(N)c(N)n1. The quantitative estimate of drug-likeness (QED) is 0.490. The molecule has 9 nitrogen and oxygen atoms in total. The van der Waals surface area contributed by atoms with Crippen molar-refractivity contribution in [1.29, 1.82) is 0 Å². The number of carbonyl (C=O) groups excluding carboxylic acids is 1. The molecule has 3 rings (SSSR count). The van der Waals surface area contributed by atoms with Gasteiger partial charge in [-0.2, -0.15) is 0 Å². The van der Waals surface area contributed by atoms with Crippen molar-refractivity contribution < 1.29 is 19.4 Å². The number of nitrogens with two attached hydrogens (primary N) is 2. The van der Waals surface area contributed by atoms with Gasteiger partial charge in [-0.3, -0.25) is 0 Å². The molecule has 1 aromatic heterocycles. The first kappa shape index (κ1) is 22.5. The molecule has 0 saturated carbocycles. The van der Waals surface area contributed by atoms with E-state index in [1.54, 1.807) is 27.2 Å². The van der Waals surface area contributed by atoms with Crippen LogP contribution in [0.25, 0.3) is 0 Å². The van der Waals surface area contributed by atoms with Gasteiger partial charge in [0.2, 0.25) is 0 Å². The Morgan fingerprint density at radius 2 is 1.53 bits per heavy atom. The van der Waals surface area contributed by atoms with E-state index in [-0.39, 0.29) is 29.9 Å². The van der Waals surface area contributed by atoms with E-state index in [4.69, 9.17) is 20.9 Å². The summed E-state index contributed by atoms with van der Waals surface area (Å²) < 4.78 is 10.5. The van der Waals surface area contributed by atoms with Crippen LogP contribution in [0.5, 0.6) is 11.5 Å². The van der Waals surface area contributed by atoms with Crippen LogP contribution in [-0.2, 0) is 0 Å². The highest BCUT2D eigenvalue weighted by Gasteiger charge is 2.19. The van der Waals surface area contributed by atoms with Crippen molar-refractivity contribution in [3.63, 3.8) is 0 Å². The lowest BCUT2D eigenvalue weighted by Gasteiger charge is -2.26. The van der Waals surface area contributed by atoms with E-state index < -0.39 is 6.09 Å². The normalized spacial score (nSPS) is 10.6. The number of nitrogen functional groups attached to an aromatic ring is 2. The maximum absolute atomic E-state index is 11.5. The number of carbonyl (C=O) groups is 1.